The number of carboxylic acid groups (broad SMARTS) is 1. The van der Waals surface area contributed by atoms with Gasteiger partial charge in [0.25, 0.3) is 0 Å². The average Bonchev–Trinajstić information content (AvgIpc) is 2.30. The molecule has 1 aromatic rings. The number of benzene rings is 1. The summed E-state index contributed by atoms with van der Waals surface area (Å²) >= 11 is 0. The lowest BCUT2D eigenvalue weighted by Crippen LogP contribution is -2.37. The zero-order chi connectivity index (χ0) is 11.5. The Kier molecular flexibility index (Phi) is 3.13. The molecule has 0 amide bonds. The predicted octanol–water partition coefficient (Wildman–Crippen LogP) is 2.76. The van der Waals surface area contributed by atoms with E-state index in [9.17, 15) is 4.79 Å². The highest BCUT2D eigenvalue weighted by atomic mass is 16.4. The fourth-order valence-electron chi connectivity index (χ4n) is 2.28. The summed E-state index contributed by atoms with van der Waals surface area (Å²) in [6, 6.07) is 7.73. The molecule has 0 aromatic heterocycles. The molecule has 0 unspecified atom stereocenters. The molecule has 0 radical (unpaired) electrons. The van der Waals surface area contributed by atoms with Crippen molar-refractivity contribution in [1.82, 2.24) is 0 Å². The van der Waals surface area contributed by atoms with Crippen molar-refractivity contribution in [3.05, 3.63) is 29.8 Å². The number of hydrogen-bond acceptors (Lipinski definition) is 2. The molecule has 0 spiro atoms. The first-order valence-corrected chi connectivity index (χ1v) is 5.78. The standard InChI is InChI=1S/C13H17NO2/c1-10-4-2-3-9-14(10)12-7-5-11(6-8-12)13(15)16/h5-8,10H,2-4,9H2,1H3,(H,15,16)/t10-/m0/s1. The van der Waals surface area contributed by atoms with Gasteiger partial charge in [-0.15, -0.1) is 0 Å². The summed E-state index contributed by atoms with van der Waals surface area (Å²) in [7, 11) is 0. The van der Waals surface area contributed by atoms with E-state index >= 15 is 0 Å². The smallest absolute Gasteiger partial charge is 0.335 e. The molecule has 0 aliphatic carbocycles. The number of anilines is 1. The first kappa shape index (κ1) is 11.0. The van der Waals surface area contributed by atoms with Crippen LogP contribution in [0.25, 0.3) is 0 Å². The minimum Gasteiger partial charge on any atom is -0.478 e. The van der Waals surface area contributed by atoms with Gasteiger partial charge < -0.3 is 10.0 Å². The van der Waals surface area contributed by atoms with Gasteiger partial charge in [-0.05, 0) is 50.5 Å². The molecular formula is C13H17NO2. The maximum atomic E-state index is 10.7. The molecule has 3 heteroatoms. The Morgan fingerprint density at radius 1 is 1.31 bits per heavy atom. The Morgan fingerprint density at radius 3 is 2.56 bits per heavy atom. The minimum absolute atomic E-state index is 0.355. The van der Waals surface area contributed by atoms with Crippen LogP contribution in [-0.2, 0) is 0 Å². The largest absolute Gasteiger partial charge is 0.478 e. The van der Waals surface area contributed by atoms with Crippen LogP contribution in [0, 0.1) is 0 Å². The van der Waals surface area contributed by atoms with Crippen molar-refractivity contribution in [3.8, 4) is 0 Å². The lowest BCUT2D eigenvalue weighted by Gasteiger charge is -2.35. The average molecular weight is 219 g/mol. The van der Waals surface area contributed by atoms with Gasteiger partial charge >= 0.3 is 5.97 Å². The van der Waals surface area contributed by atoms with Crippen molar-refractivity contribution in [3.63, 3.8) is 0 Å². The van der Waals surface area contributed by atoms with Gasteiger partial charge in [-0.1, -0.05) is 0 Å². The van der Waals surface area contributed by atoms with Crippen LogP contribution < -0.4 is 4.90 Å². The molecule has 2 rings (SSSR count). The van der Waals surface area contributed by atoms with Gasteiger partial charge in [0, 0.05) is 18.3 Å². The Bertz CT molecular complexity index is 372. The Hall–Kier alpha value is -1.51. The van der Waals surface area contributed by atoms with E-state index in [-0.39, 0.29) is 0 Å². The van der Waals surface area contributed by atoms with Crippen LogP contribution in [0.15, 0.2) is 24.3 Å². The number of carboxylic acids is 1. The third kappa shape index (κ3) is 2.18. The molecule has 1 fully saturated rings. The monoisotopic (exact) mass is 219 g/mol. The number of hydrogen-bond donors (Lipinski definition) is 1. The molecule has 1 aliphatic heterocycles. The third-order valence-corrected chi connectivity index (χ3v) is 3.25. The van der Waals surface area contributed by atoms with Crippen molar-refractivity contribution >= 4 is 11.7 Å². The van der Waals surface area contributed by atoms with E-state index in [1.165, 1.54) is 19.3 Å². The highest BCUT2D eigenvalue weighted by molar-refractivity contribution is 5.88. The van der Waals surface area contributed by atoms with E-state index in [0.717, 1.165) is 12.2 Å². The van der Waals surface area contributed by atoms with Gasteiger partial charge in [0.2, 0.25) is 0 Å². The van der Waals surface area contributed by atoms with E-state index < -0.39 is 5.97 Å². The summed E-state index contributed by atoms with van der Waals surface area (Å²) in [5.41, 5.74) is 1.49. The van der Waals surface area contributed by atoms with E-state index in [1.54, 1.807) is 12.1 Å². The lowest BCUT2D eigenvalue weighted by molar-refractivity contribution is 0.0697. The van der Waals surface area contributed by atoms with Crippen LogP contribution in [0.3, 0.4) is 0 Å². The van der Waals surface area contributed by atoms with Crippen molar-refractivity contribution in [2.24, 2.45) is 0 Å². The topological polar surface area (TPSA) is 40.5 Å². The number of rotatable bonds is 2. The van der Waals surface area contributed by atoms with Crippen LogP contribution in [0.2, 0.25) is 0 Å². The summed E-state index contributed by atoms with van der Waals surface area (Å²) in [5.74, 6) is -0.863. The normalized spacial score (nSPS) is 20.8. The number of nitrogens with zero attached hydrogens (tertiary/aromatic N) is 1. The van der Waals surface area contributed by atoms with E-state index in [4.69, 9.17) is 5.11 Å². The van der Waals surface area contributed by atoms with Crippen molar-refractivity contribution < 1.29 is 9.90 Å². The Labute approximate surface area is 95.7 Å². The SMILES string of the molecule is C[C@H]1CCCCN1c1ccc(C(=O)O)cc1. The first-order valence-electron chi connectivity index (χ1n) is 5.78. The lowest BCUT2D eigenvalue weighted by atomic mass is 10.0. The van der Waals surface area contributed by atoms with Gasteiger partial charge in [0.1, 0.15) is 0 Å². The second kappa shape index (κ2) is 4.56. The first-order chi connectivity index (χ1) is 7.68. The highest BCUT2D eigenvalue weighted by Gasteiger charge is 2.18. The molecular weight excluding hydrogens is 202 g/mol. The molecule has 1 saturated heterocycles. The van der Waals surface area contributed by atoms with Crippen LogP contribution >= 0.6 is 0 Å². The molecule has 1 atom stereocenters. The molecule has 3 nitrogen and oxygen atoms in total. The zero-order valence-corrected chi connectivity index (χ0v) is 9.52. The molecule has 16 heavy (non-hydrogen) atoms. The summed E-state index contributed by atoms with van der Waals surface area (Å²) in [6.45, 7) is 3.30. The van der Waals surface area contributed by atoms with Crippen molar-refractivity contribution in [2.45, 2.75) is 32.2 Å². The molecule has 1 aliphatic rings. The quantitative estimate of drug-likeness (QED) is 0.831. The van der Waals surface area contributed by atoms with E-state index in [0.29, 0.717) is 11.6 Å². The van der Waals surface area contributed by atoms with Gasteiger partial charge in [0.05, 0.1) is 5.56 Å². The summed E-state index contributed by atoms with van der Waals surface area (Å²) < 4.78 is 0. The summed E-state index contributed by atoms with van der Waals surface area (Å²) in [6.07, 6.45) is 3.75. The van der Waals surface area contributed by atoms with Gasteiger partial charge in [-0.2, -0.15) is 0 Å². The zero-order valence-electron chi connectivity index (χ0n) is 9.52. The molecule has 86 valence electrons. The number of aromatic carboxylic acids is 1. The third-order valence-electron chi connectivity index (χ3n) is 3.25. The second-order valence-corrected chi connectivity index (χ2v) is 4.39. The van der Waals surface area contributed by atoms with Gasteiger partial charge in [-0.3, -0.25) is 0 Å². The second-order valence-electron chi connectivity index (χ2n) is 4.39. The van der Waals surface area contributed by atoms with E-state index in [2.05, 4.69) is 11.8 Å². The Morgan fingerprint density at radius 2 is 2.00 bits per heavy atom. The molecule has 0 saturated carbocycles. The summed E-state index contributed by atoms with van der Waals surface area (Å²) in [4.78, 5) is 13.1. The number of carbonyl (C=O) groups is 1. The Balaban J connectivity index is 2.17. The fourth-order valence-corrected chi connectivity index (χ4v) is 2.28. The maximum Gasteiger partial charge on any atom is 0.335 e. The van der Waals surface area contributed by atoms with Crippen LogP contribution in [0.5, 0.6) is 0 Å². The van der Waals surface area contributed by atoms with Gasteiger partial charge in [-0.25, -0.2) is 4.79 Å². The van der Waals surface area contributed by atoms with Gasteiger partial charge in [0.15, 0.2) is 0 Å². The summed E-state index contributed by atoms with van der Waals surface area (Å²) in [5, 5.41) is 8.82. The fraction of sp³-hybridized carbons (Fsp3) is 0.462. The van der Waals surface area contributed by atoms with E-state index in [1.807, 2.05) is 12.1 Å². The maximum absolute atomic E-state index is 10.7. The predicted molar refractivity (Wildman–Crippen MR) is 64.1 cm³/mol. The van der Waals surface area contributed by atoms with Crippen molar-refractivity contribution in [1.29, 1.82) is 0 Å². The van der Waals surface area contributed by atoms with Crippen LogP contribution in [0.1, 0.15) is 36.5 Å². The van der Waals surface area contributed by atoms with Crippen LogP contribution in [0.4, 0.5) is 5.69 Å². The molecule has 1 N–H and O–H groups in total. The molecule has 1 heterocycles. The molecule has 1 aromatic carbocycles. The molecule has 0 bridgehead atoms. The van der Waals surface area contributed by atoms with Crippen molar-refractivity contribution in [2.75, 3.05) is 11.4 Å². The number of piperidine rings is 1. The van der Waals surface area contributed by atoms with Crippen LogP contribution in [-0.4, -0.2) is 23.7 Å². The highest BCUT2D eigenvalue weighted by Crippen LogP contribution is 2.24. The minimum atomic E-state index is -0.863.